The monoisotopic (exact) mass is 478 g/mol. The lowest BCUT2D eigenvalue weighted by atomic mass is 10.1. The zero-order valence-corrected chi connectivity index (χ0v) is 19.7. The maximum absolute atomic E-state index is 14.0. The first kappa shape index (κ1) is 24.1. The highest BCUT2D eigenvalue weighted by Gasteiger charge is 2.47. The number of allylic oxidation sites excluding steroid dienone is 1. The maximum Gasteiger partial charge on any atom is 0.213 e. The Morgan fingerprint density at radius 3 is 2.28 bits per heavy atom. The van der Waals surface area contributed by atoms with Gasteiger partial charge in [0.1, 0.15) is 5.75 Å². The molecule has 0 amide bonds. The van der Waals surface area contributed by atoms with Crippen LogP contribution in [0.15, 0.2) is 63.3 Å². The standard InChI is InChI=1S/C22H26N2O6S2/c1-16-14-17(2)21(31(3,25)26)20(15-16)32(27,28)22(10-4-11-24-22)18-6-8-19(9-7-18)29-12-5-13-30-23/h4,6-11,14-15H,5,12-13,23H2,1-3H3. The third-order valence-electron chi connectivity index (χ3n) is 5.07. The quantitative estimate of drug-likeness (QED) is 0.434. The minimum Gasteiger partial charge on any atom is -0.494 e. The molecule has 1 aliphatic rings. The molecule has 0 bridgehead atoms. The third-order valence-corrected chi connectivity index (χ3v) is 8.68. The fourth-order valence-corrected chi connectivity index (χ4v) is 7.57. The van der Waals surface area contributed by atoms with Gasteiger partial charge in [-0.1, -0.05) is 18.2 Å². The van der Waals surface area contributed by atoms with Crippen LogP contribution >= 0.6 is 0 Å². The van der Waals surface area contributed by atoms with Crippen molar-refractivity contribution < 1.29 is 26.4 Å². The van der Waals surface area contributed by atoms with Gasteiger partial charge in [0.05, 0.1) is 23.0 Å². The highest BCUT2D eigenvalue weighted by molar-refractivity contribution is 7.95. The Morgan fingerprint density at radius 2 is 1.72 bits per heavy atom. The summed E-state index contributed by atoms with van der Waals surface area (Å²) in [5.74, 6) is 5.54. The van der Waals surface area contributed by atoms with E-state index >= 15 is 0 Å². The third kappa shape index (κ3) is 4.49. The van der Waals surface area contributed by atoms with Gasteiger partial charge in [-0.3, -0.25) is 4.99 Å². The van der Waals surface area contributed by atoms with Crippen LogP contribution in [0.2, 0.25) is 0 Å². The number of rotatable bonds is 9. The van der Waals surface area contributed by atoms with E-state index in [0.717, 1.165) is 6.26 Å². The van der Waals surface area contributed by atoms with Crippen LogP contribution in [0.25, 0.3) is 0 Å². The van der Waals surface area contributed by atoms with Crippen LogP contribution in [0, 0.1) is 13.8 Å². The van der Waals surface area contributed by atoms with Gasteiger partial charge in [-0.2, -0.15) is 0 Å². The van der Waals surface area contributed by atoms with Gasteiger partial charge in [-0.25, -0.2) is 22.7 Å². The number of hydrogen-bond acceptors (Lipinski definition) is 8. The highest BCUT2D eigenvalue weighted by atomic mass is 32.2. The lowest BCUT2D eigenvalue weighted by Gasteiger charge is -2.27. The molecule has 0 radical (unpaired) electrons. The van der Waals surface area contributed by atoms with Crippen LogP contribution in [0.5, 0.6) is 5.75 Å². The molecule has 2 N–H and O–H groups in total. The number of hydrogen-bond donors (Lipinski definition) is 1. The summed E-state index contributed by atoms with van der Waals surface area (Å²) in [4.78, 5) is 6.54. The zero-order chi connectivity index (χ0) is 23.6. The Labute approximate surface area is 188 Å². The van der Waals surface area contributed by atoms with E-state index in [4.69, 9.17) is 10.6 Å². The molecule has 2 aromatic rings. The number of nitrogens with zero attached hydrogens (tertiary/aromatic N) is 1. The topological polar surface area (TPSA) is 125 Å². The average molecular weight is 479 g/mol. The summed E-state index contributed by atoms with van der Waals surface area (Å²) in [5.41, 5.74) is 1.39. The van der Waals surface area contributed by atoms with E-state index in [-0.39, 0.29) is 9.79 Å². The molecule has 2 aromatic carbocycles. The molecule has 0 aromatic heterocycles. The predicted octanol–water partition coefficient (Wildman–Crippen LogP) is 2.63. The second-order valence-electron chi connectivity index (χ2n) is 7.62. The van der Waals surface area contributed by atoms with E-state index in [9.17, 15) is 16.8 Å². The van der Waals surface area contributed by atoms with Crippen molar-refractivity contribution in [1.82, 2.24) is 0 Å². The molecule has 1 heterocycles. The molecule has 3 rings (SSSR count). The Morgan fingerprint density at radius 1 is 1.03 bits per heavy atom. The van der Waals surface area contributed by atoms with Gasteiger partial charge in [-0.05, 0) is 60.9 Å². The number of sulfone groups is 2. The molecular formula is C22H26N2O6S2. The lowest BCUT2D eigenvalue weighted by Crippen LogP contribution is -2.32. The molecule has 172 valence electrons. The lowest BCUT2D eigenvalue weighted by molar-refractivity contribution is 0.122. The molecule has 8 nitrogen and oxygen atoms in total. The van der Waals surface area contributed by atoms with Gasteiger partial charge in [0, 0.05) is 18.9 Å². The van der Waals surface area contributed by atoms with E-state index in [1.54, 1.807) is 44.2 Å². The molecule has 1 atom stereocenters. The maximum atomic E-state index is 14.0. The first-order valence-corrected chi connectivity index (χ1v) is 13.2. The smallest absolute Gasteiger partial charge is 0.213 e. The molecule has 1 unspecified atom stereocenters. The normalized spacial score (nSPS) is 18.2. The fraction of sp³-hybridized carbons (Fsp3) is 0.318. The van der Waals surface area contributed by atoms with E-state index < -0.39 is 24.5 Å². The summed E-state index contributed by atoms with van der Waals surface area (Å²) in [5, 5.41) is 0. The number of nitrogens with two attached hydrogens (primary N) is 1. The van der Waals surface area contributed by atoms with Crippen molar-refractivity contribution in [1.29, 1.82) is 0 Å². The Hall–Kier alpha value is -2.53. The highest BCUT2D eigenvalue weighted by Crippen LogP contribution is 2.43. The van der Waals surface area contributed by atoms with E-state index in [0.29, 0.717) is 42.1 Å². The van der Waals surface area contributed by atoms with Gasteiger partial charge in [0.15, 0.2) is 9.84 Å². The van der Waals surface area contributed by atoms with Gasteiger partial charge >= 0.3 is 0 Å². The molecule has 32 heavy (non-hydrogen) atoms. The number of ether oxygens (including phenoxy) is 1. The molecule has 0 saturated heterocycles. The first-order chi connectivity index (χ1) is 15.0. The van der Waals surface area contributed by atoms with Gasteiger partial charge in [-0.15, -0.1) is 0 Å². The second-order valence-corrected chi connectivity index (χ2v) is 11.6. The van der Waals surface area contributed by atoms with Crippen LogP contribution in [0.3, 0.4) is 0 Å². The number of aliphatic imine (C=N–C) groups is 1. The van der Waals surface area contributed by atoms with Crippen molar-refractivity contribution in [3.63, 3.8) is 0 Å². The summed E-state index contributed by atoms with van der Waals surface area (Å²) in [7, 11) is -8.10. The van der Waals surface area contributed by atoms with Crippen molar-refractivity contribution >= 4 is 25.9 Å². The van der Waals surface area contributed by atoms with Crippen molar-refractivity contribution in [3.05, 3.63) is 65.2 Å². The Bertz CT molecular complexity index is 1250. The zero-order valence-electron chi connectivity index (χ0n) is 18.1. The summed E-state index contributed by atoms with van der Waals surface area (Å²) in [6, 6.07) is 9.56. The van der Waals surface area contributed by atoms with Crippen LogP contribution in [-0.4, -0.2) is 42.5 Å². The first-order valence-electron chi connectivity index (χ1n) is 9.87. The molecule has 1 aliphatic heterocycles. The van der Waals surface area contributed by atoms with Crippen LogP contribution in [0.1, 0.15) is 23.1 Å². The Kier molecular flexibility index (Phi) is 6.89. The minimum absolute atomic E-state index is 0.208. The van der Waals surface area contributed by atoms with Crippen molar-refractivity contribution in [2.45, 2.75) is 34.9 Å². The number of aryl methyl sites for hydroxylation is 2. The van der Waals surface area contributed by atoms with Crippen molar-refractivity contribution in [2.24, 2.45) is 10.9 Å². The van der Waals surface area contributed by atoms with E-state index in [1.165, 1.54) is 24.4 Å². The average Bonchev–Trinajstić information content (AvgIpc) is 3.22. The SMILES string of the molecule is Cc1cc(C)c(S(C)(=O)=O)c(S(=O)(=O)C2(c3ccc(OCCCON)cc3)C=CC=N2)c1. The molecule has 0 fully saturated rings. The second kappa shape index (κ2) is 9.14. The summed E-state index contributed by atoms with van der Waals surface area (Å²) in [6.45, 7) is 4.06. The summed E-state index contributed by atoms with van der Waals surface area (Å²) < 4.78 is 58.6. The van der Waals surface area contributed by atoms with Crippen LogP contribution in [0.4, 0.5) is 0 Å². The van der Waals surface area contributed by atoms with Gasteiger partial charge in [0.25, 0.3) is 0 Å². The number of benzene rings is 2. The molecule has 0 saturated carbocycles. The fourth-order valence-electron chi connectivity index (χ4n) is 3.74. The molecule has 0 spiro atoms. The molecular weight excluding hydrogens is 452 g/mol. The Balaban J connectivity index is 2.10. The van der Waals surface area contributed by atoms with E-state index in [2.05, 4.69) is 9.83 Å². The van der Waals surface area contributed by atoms with Gasteiger partial charge in [0.2, 0.25) is 14.7 Å². The minimum atomic E-state index is -4.28. The van der Waals surface area contributed by atoms with Gasteiger partial charge < -0.3 is 9.57 Å². The van der Waals surface area contributed by atoms with Crippen LogP contribution in [-0.2, 0) is 29.4 Å². The van der Waals surface area contributed by atoms with Crippen molar-refractivity contribution in [2.75, 3.05) is 19.5 Å². The van der Waals surface area contributed by atoms with Crippen LogP contribution < -0.4 is 10.6 Å². The summed E-state index contributed by atoms with van der Waals surface area (Å²) in [6.07, 6.45) is 6.01. The predicted molar refractivity (Wildman–Crippen MR) is 122 cm³/mol. The van der Waals surface area contributed by atoms with Crippen molar-refractivity contribution in [3.8, 4) is 5.75 Å². The van der Waals surface area contributed by atoms with E-state index in [1.807, 2.05) is 0 Å². The largest absolute Gasteiger partial charge is 0.494 e. The molecule has 10 heteroatoms. The summed E-state index contributed by atoms with van der Waals surface area (Å²) >= 11 is 0. The molecule has 0 aliphatic carbocycles.